The third kappa shape index (κ3) is 2.77. The molecule has 5 heteroatoms. The lowest BCUT2D eigenvalue weighted by Gasteiger charge is -2.27. The zero-order valence-corrected chi connectivity index (χ0v) is 10.3. The van der Waals surface area contributed by atoms with Crippen molar-refractivity contribution in [1.82, 2.24) is 5.32 Å². The highest BCUT2D eigenvalue weighted by Crippen LogP contribution is 2.37. The summed E-state index contributed by atoms with van der Waals surface area (Å²) in [4.78, 5) is 0. The molecule has 1 unspecified atom stereocenters. The first-order valence-electron chi connectivity index (χ1n) is 6.18. The van der Waals surface area contributed by atoms with E-state index in [0.29, 0.717) is 11.6 Å². The monoisotopic (exact) mass is 258 g/mol. The van der Waals surface area contributed by atoms with E-state index in [4.69, 9.17) is 0 Å². The number of nitrogens with one attached hydrogen (secondary N) is 2. The van der Waals surface area contributed by atoms with Gasteiger partial charge in [0.1, 0.15) is 0 Å². The van der Waals surface area contributed by atoms with E-state index < -0.39 is 11.7 Å². The van der Waals surface area contributed by atoms with E-state index >= 15 is 0 Å². The molecule has 0 radical (unpaired) electrons. The molecule has 2 rings (SSSR count). The van der Waals surface area contributed by atoms with Crippen molar-refractivity contribution in [3.63, 3.8) is 0 Å². The third-order valence-electron chi connectivity index (χ3n) is 3.27. The van der Waals surface area contributed by atoms with Crippen LogP contribution in [0.15, 0.2) is 18.2 Å². The van der Waals surface area contributed by atoms with Crippen LogP contribution in [0.5, 0.6) is 0 Å². The SMILES string of the molecule is CCNCC1CCNc2cc(C(F)(F)F)ccc21. The first-order valence-corrected chi connectivity index (χ1v) is 6.18. The minimum absolute atomic E-state index is 0.295. The number of anilines is 1. The van der Waals surface area contributed by atoms with Gasteiger partial charge in [-0.2, -0.15) is 13.2 Å². The van der Waals surface area contributed by atoms with Crippen LogP contribution in [0.4, 0.5) is 18.9 Å². The van der Waals surface area contributed by atoms with E-state index in [1.165, 1.54) is 12.1 Å². The normalized spacial score (nSPS) is 19.2. The minimum atomic E-state index is -4.27. The lowest BCUT2D eigenvalue weighted by Crippen LogP contribution is -2.27. The molecule has 1 aliphatic rings. The minimum Gasteiger partial charge on any atom is -0.385 e. The molecule has 0 amide bonds. The number of hydrogen-bond donors (Lipinski definition) is 2. The van der Waals surface area contributed by atoms with Crippen LogP contribution >= 0.6 is 0 Å². The molecular formula is C13H17F3N2. The number of fused-ring (bicyclic) bond motifs is 1. The van der Waals surface area contributed by atoms with Crippen molar-refractivity contribution in [2.24, 2.45) is 0 Å². The van der Waals surface area contributed by atoms with Crippen molar-refractivity contribution in [2.45, 2.75) is 25.4 Å². The molecule has 1 atom stereocenters. The van der Waals surface area contributed by atoms with E-state index in [1.807, 2.05) is 6.92 Å². The smallest absolute Gasteiger partial charge is 0.385 e. The average molecular weight is 258 g/mol. The van der Waals surface area contributed by atoms with Gasteiger partial charge in [0.2, 0.25) is 0 Å². The van der Waals surface area contributed by atoms with Crippen LogP contribution in [0.1, 0.15) is 30.4 Å². The lowest BCUT2D eigenvalue weighted by atomic mass is 9.90. The summed E-state index contributed by atoms with van der Waals surface area (Å²) in [5.41, 5.74) is 1.02. The Kier molecular flexibility index (Phi) is 3.80. The molecule has 1 aliphatic heterocycles. The second-order valence-electron chi connectivity index (χ2n) is 4.52. The van der Waals surface area contributed by atoms with E-state index in [-0.39, 0.29) is 0 Å². The van der Waals surface area contributed by atoms with Gasteiger partial charge >= 0.3 is 6.18 Å². The Balaban J connectivity index is 2.25. The zero-order valence-electron chi connectivity index (χ0n) is 10.3. The maximum Gasteiger partial charge on any atom is 0.416 e. The fourth-order valence-corrected chi connectivity index (χ4v) is 2.31. The molecule has 0 aliphatic carbocycles. The van der Waals surface area contributed by atoms with E-state index in [1.54, 1.807) is 6.07 Å². The summed E-state index contributed by atoms with van der Waals surface area (Å²) >= 11 is 0. The summed E-state index contributed by atoms with van der Waals surface area (Å²) in [5, 5.41) is 6.31. The van der Waals surface area contributed by atoms with E-state index in [2.05, 4.69) is 10.6 Å². The number of alkyl halides is 3. The Bertz CT molecular complexity index is 415. The van der Waals surface area contributed by atoms with Gasteiger partial charge in [0, 0.05) is 24.7 Å². The zero-order chi connectivity index (χ0) is 13.2. The molecule has 18 heavy (non-hydrogen) atoms. The molecule has 2 nitrogen and oxygen atoms in total. The summed E-state index contributed by atoms with van der Waals surface area (Å²) in [6.45, 7) is 4.44. The highest BCUT2D eigenvalue weighted by atomic mass is 19.4. The second-order valence-corrected chi connectivity index (χ2v) is 4.52. The molecule has 1 aromatic carbocycles. The molecule has 1 heterocycles. The van der Waals surface area contributed by atoms with Gasteiger partial charge < -0.3 is 10.6 Å². The first-order chi connectivity index (χ1) is 8.52. The summed E-state index contributed by atoms with van der Waals surface area (Å²) in [7, 11) is 0. The Morgan fingerprint density at radius 3 is 2.83 bits per heavy atom. The molecule has 0 fully saturated rings. The summed E-state index contributed by atoms with van der Waals surface area (Å²) < 4.78 is 37.9. The quantitative estimate of drug-likeness (QED) is 0.870. The van der Waals surface area contributed by atoms with E-state index in [9.17, 15) is 13.2 Å². The van der Waals surface area contributed by atoms with Gasteiger partial charge in [-0.15, -0.1) is 0 Å². The molecule has 0 bridgehead atoms. The van der Waals surface area contributed by atoms with E-state index in [0.717, 1.165) is 31.6 Å². The predicted octanol–water partition coefficient (Wildman–Crippen LogP) is 3.21. The Morgan fingerprint density at radius 2 is 2.17 bits per heavy atom. The Hall–Kier alpha value is -1.23. The topological polar surface area (TPSA) is 24.1 Å². The Labute approximate surface area is 105 Å². The number of halogens is 3. The molecular weight excluding hydrogens is 241 g/mol. The Morgan fingerprint density at radius 1 is 1.39 bits per heavy atom. The standard InChI is InChI=1S/C13H17F3N2/c1-2-17-8-9-5-6-18-12-7-10(13(14,15)16)3-4-11(9)12/h3-4,7,9,17-18H,2,5-6,8H2,1H3. The van der Waals surface area contributed by atoms with Crippen LogP contribution in [-0.2, 0) is 6.18 Å². The van der Waals surface area contributed by atoms with Crippen molar-refractivity contribution in [3.8, 4) is 0 Å². The van der Waals surface area contributed by atoms with Gasteiger partial charge in [0.15, 0.2) is 0 Å². The van der Waals surface area contributed by atoms with Crippen LogP contribution in [0.2, 0.25) is 0 Å². The fraction of sp³-hybridized carbons (Fsp3) is 0.538. The first kappa shape index (κ1) is 13.2. The maximum absolute atomic E-state index is 12.6. The predicted molar refractivity (Wildman–Crippen MR) is 65.8 cm³/mol. The van der Waals surface area contributed by atoms with Gasteiger partial charge in [-0.05, 0) is 30.7 Å². The second kappa shape index (κ2) is 5.18. The number of benzene rings is 1. The highest BCUT2D eigenvalue weighted by molar-refractivity contribution is 5.57. The summed E-state index contributed by atoms with van der Waals surface area (Å²) in [5.74, 6) is 0.295. The molecule has 0 spiro atoms. The van der Waals surface area contributed by atoms with Gasteiger partial charge in [-0.1, -0.05) is 13.0 Å². The van der Waals surface area contributed by atoms with Gasteiger partial charge in [0.25, 0.3) is 0 Å². The molecule has 0 aromatic heterocycles. The fourth-order valence-electron chi connectivity index (χ4n) is 2.31. The molecule has 2 N–H and O–H groups in total. The number of hydrogen-bond acceptors (Lipinski definition) is 2. The van der Waals surface area contributed by atoms with Crippen molar-refractivity contribution >= 4 is 5.69 Å². The maximum atomic E-state index is 12.6. The number of rotatable bonds is 3. The van der Waals surface area contributed by atoms with Crippen LogP contribution in [0, 0.1) is 0 Å². The lowest BCUT2D eigenvalue weighted by molar-refractivity contribution is -0.137. The summed E-state index contributed by atoms with van der Waals surface area (Å²) in [6, 6.07) is 3.99. The molecule has 0 saturated heterocycles. The highest BCUT2D eigenvalue weighted by Gasteiger charge is 2.32. The van der Waals surface area contributed by atoms with Gasteiger partial charge in [0.05, 0.1) is 5.56 Å². The van der Waals surface area contributed by atoms with Crippen LogP contribution in [-0.4, -0.2) is 19.6 Å². The molecule has 0 saturated carbocycles. The third-order valence-corrected chi connectivity index (χ3v) is 3.27. The van der Waals surface area contributed by atoms with Crippen molar-refractivity contribution in [2.75, 3.05) is 25.0 Å². The largest absolute Gasteiger partial charge is 0.416 e. The van der Waals surface area contributed by atoms with Crippen molar-refractivity contribution in [1.29, 1.82) is 0 Å². The van der Waals surface area contributed by atoms with Crippen LogP contribution < -0.4 is 10.6 Å². The van der Waals surface area contributed by atoms with Gasteiger partial charge in [-0.25, -0.2) is 0 Å². The summed E-state index contributed by atoms with van der Waals surface area (Å²) in [6.07, 6.45) is -3.32. The molecule has 100 valence electrons. The van der Waals surface area contributed by atoms with Crippen molar-refractivity contribution in [3.05, 3.63) is 29.3 Å². The van der Waals surface area contributed by atoms with Crippen LogP contribution in [0.3, 0.4) is 0 Å². The average Bonchev–Trinajstić information content (AvgIpc) is 2.34. The van der Waals surface area contributed by atoms with Gasteiger partial charge in [-0.3, -0.25) is 0 Å². The molecule has 1 aromatic rings. The van der Waals surface area contributed by atoms with Crippen LogP contribution in [0.25, 0.3) is 0 Å². The number of likely N-dealkylation sites (N-methyl/N-ethyl adjacent to an activating group) is 1. The van der Waals surface area contributed by atoms with Crippen molar-refractivity contribution < 1.29 is 13.2 Å².